The number of hydrogen-bond donors (Lipinski definition) is 0. The Balaban J connectivity index is 2.28. The molecule has 0 unspecified atom stereocenters. The van der Waals surface area contributed by atoms with Crippen molar-refractivity contribution in [1.29, 1.82) is 0 Å². The summed E-state index contributed by atoms with van der Waals surface area (Å²) >= 11 is 0. The third-order valence-corrected chi connectivity index (χ3v) is 2.91. The molecule has 0 bridgehead atoms. The molecular formula is C15H10N2O2. The molecular weight excluding hydrogens is 240 g/mol. The van der Waals surface area contributed by atoms with Gasteiger partial charge in [-0.1, -0.05) is 36.4 Å². The molecule has 0 aliphatic carbocycles. The van der Waals surface area contributed by atoms with Crippen LogP contribution >= 0.6 is 0 Å². The van der Waals surface area contributed by atoms with Crippen LogP contribution in [0.2, 0.25) is 0 Å². The van der Waals surface area contributed by atoms with Crippen molar-refractivity contribution in [2.24, 2.45) is 0 Å². The summed E-state index contributed by atoms with van der Waals surface area (Å²) in [6, 6.07) is 15.9. The normalized spacial score (nSPS) is 10.5. The van der Waals surface area contributed by atoms with Gasteiger partial charge < -0.3 is 0 Å². The van der Waals surface area contributed by atoms with E-state index in [1.54, 1.807) is 36.4 Å². The highest BCUT2D eigenvalue weighted by atomic mass is 16.2. The topological polar surface area (TPSA) is 52.0 Å². The predicted octanol–water partition coefficient (Wildman–Crippen LogP) is 2.08. The van der Waals surface area contributed by atoms with Crippen molar-refractivity contribution in [2.75, 3.05) is 0 Å². The van der Waals surface area contributed by atoms with Crippen LogP contribution in [0.3, 0.4) is 0 Å². The number of carbonyl (C=O) groups excluding carboxylic acids is 1. The Labute approximate surface area is 109 Å². The van der Waals surface area contributed by atoms with Crippen LogP contribution in [-0.4, -0.2) is 15.5 Å². The Hall–Kier alpha value is -2.75. The molecule has 0 aliphatic rings. The lowest BCUT2D eigenvalue weighted by molar-refractivity contribution is 0.0959. The number of nitrogens with zero attached hydrogens (tertiary/aromatic N) is 2. The second-order valence-corrected chi connectivity index (χ2v) is 4.11. The summed E-state index contributed by atoms with van der Waals surface area (Å²) in [6.45, 7) is 0. The van der Waals surface area contributed by atoms with Crippen molar-refractivity contribution < 1.29 is 4.79 Å². The molecule has 3 rings (SSSR count). The van der Waals surface area contributed by atoms with Gasteiger partial charge in [0.15, 0.2) is 0 Å². The van der Waals surface area contributed by atoms with Gasteiger partial charge in [0.05, 0.1) is 5.52 Å². The molecule has 92 valence electrons. The van der Waals surface area contributed by atoms with E-state index in [-0.39, 0.29) is 5.91 Å². The summed E-state index contributed by atoms with van der Waals surface area (Å²) in [4.78, 5) is 28.0. The molecule has 4 nitrogen and oxygen atoms in total. The lowest BCUT2D eigenvalue weighted by Crippen LogP contribution is -2.29. The first-order chi connectivity index (χ1) is 9.27. The summed E-state index contributed by atoms with van der Waals surface area (Å²) in [7, 11) is 0. The van der Waals surface area contributed by atoms with Gasteiger partial charge in [0.2, 0.25) is 0 Å². The van der Waals surface area contributed by atoms with Gasteiger partial charge in [-0.3, -0.25) is 4.79 Å². The molecule has 0 amide bonds. The molecule has 2 aromatic carbocycles. The van der Waals surface area contributed by atoms with Crippen LogP contribution in [0.4, 0.5) is 0 Å². The number of aromatic nitrogens is 2. The molecule has 0 atom stereocenters. The molecule has 0 radical (unpaired) electrons. The van der Waals surface area contributed by atoms with Gasteiger partial charge in [0.1, 0.15) is 0 Å². The average molecular weight is 250 g/mol. The zero-order valence-electron chi connectivity index (χ0n) is 9.98. The zero-order chi connectivity index (χ0) is 13.2. The maximum Gasteiger partial charge on any atom is 0.355 e. The highest BCUT2D eigenvalue weighted by Gasteiger charge is 2.13. The highest BCUT2D eigenvalue weighted by molar-refractivity contribution is 6.00. The summed E-state index contributed by atoms with van der Waals surface area (Å²) in [5, 5.41) is 0.756. The molecule has 3 aromatic rings. The first-order valence-electron chi connectivity index (χ1n) is 5.84. The molecule has 0 fully saturated rings. The van der Waals surface area contributed by atoms with Gasteiger partial charge >= 0.3 is 5.69 Å². The number of fused-ring (bicyclic) bond motifs is 1. The fourth-order valence-electron chi connectivity index (χ4n) is 1.99. The van der Waals surface area contributed by atoms with Crippen molar-refractivity contribution in [3.63, 3.8) is 0 Å². The third-order valence-electron chi connectivity index (χ3n) is 2.91. The Morgan fingerprint density at radius 2 is 1.63 bits per heavy atom. The van der Waals surface area contributed by atoms with Gasteiger partial charge in [0.25, 0.3) is 5.91 Å². The van der Waals surface area contributed by atoms with Gasteiger partial charge in [0, 0.05) is 17.1 Å². The van der Waals surface area contributed by atoms with E-state index in [2.05, 4.69) is 4.98 Å². The quantitative estimate of drug-likeness (QED) is 0.664. The van der Waals surface area contributed by atoms with Gasteiger partial charge in [-0.25, -0.2) is 14.3 Å². The van der Waals surface area contributed by atoms with Gasteiger partial charge in [-0.05, 0) is 18.2 Å². The van der Waals surface area contributed by atoms with E-state index in [4.69, 9.17) is 0 Å². The molecule has 4 heteroatoms. The lowest BCUT2D eigenvalue weighted by atomic mass is 10.2. The van der Waals surface area contributed by atoms with Crippen molar-refractivity contribution in [2.45, 2.75) is 0 Å². The van der Waals surface area contributed by atoms with Crippen LogP contribution in [-0.2, 0) is 0 Å². The summed E-state index contributed by atoms with van der Waals surface area (Å²) in [5.74, 6) is -0.366. The monoisotopic (exact) mass is 250 g/mol. The SMILES string of the molecule is O=C(c1ccccc1)n1c(=O)ncc2ccccc21. The minimum atomic E-state index is -0.562. The maximum atomic E-state index is 12.4. The van der Waals surface area contributed by atoms with Crippen molar-refractivity contribution in [1.82, 2.24) is 9.55 Å². The molecule has 0 spiro atoms. The fourth-order valence-corrected chi connectivity index (χ4v) is 1.99. The van der Waals surface area contributed by atoms with E-state index in [1.807, 2.05) is 18.2 Å². The van der Waals surface area contributed by atoms with E-state index in [0.717, 1.165) is 9.95 Å². The fraction of sp³-hybridized carbons (Fsp3) is 0. The van der Waals surface area contributed by atoms with Crippen molar-refractivity contribution >= 4 is 16.8 Å². The maximum absolute atomic E-state index is 12.4. The van der Waals surface area contributed by atoms with E-state index in [1.165, 1.54) is 6.20 Å². The lowest BCUT2D eigenvalue weighted by Gasteiger charge is -2.07. The minimum absolute atomic E-state index is 0.366. The van der Waals surface area contributed by atoms with Crippen LogP contribution < -0.4 is 5.69 Å². The molecule has 19 heavy (non-hydrogen) atoms. The van der Waals surface area contributed by atoms with Gasteiger partial charge in [-0.2, -0.15) is 0 Å². The Morgan fingerprint density at radius 1 is 0.947 bits per heavy atom. The molecule has 0 aliphatic heterocycles. The van der Waals surface area contributed by atoms with Crippen molar-refractivity contribution in [3.05, 3.63) is 76.8 Å². The number of para-hydroxylation sites is 1. The van der Waals surface area contributed by atoms with Crippen LogP contribution in [0.15, 0.2) is 65.6 Å². The largest absolute Gasteiger partial charge is 0.355 e. The minimum Gasteiger partial charge on any atom is -0.268 e. The first kappa shape index (κ1) is 11.3. The van der Waals surface area contributed by atoms with E-state index >= 15 is 0 Å². The highest BCUT2D eigenvalue weighted by Crippen LogP contribution is 2.11. The Morgan fingerprint density at radius 3 is 2.42 bits per heavy atom. The smallest absolute Gasteiger partial charge is 0.268 e. The zero-order valence-corrected chi connectivity index (χ0v) is 9.98. The molecule has 0 saturated heterocycles. The van der Waals surface area contributed by atoms with Gasteiger partial charge in [-0.15, -0.1) is 0 Å². The van der Waals surface area contributed by atoms with Crippen molar-refractivity contribution in [3.8, 4) is 0 Å². The first-order valence-corrected chi connectivity index (χ1v) is 5.84. The second-order valence-electron chi connectivity index (χ2n) is 4.11. The van der Waals surface area contributed by atoms with Crippen LogP contribution in [0, 0.1) is 0 Å². The average Bonchev–Trinajstić information content (AvgIpc) is 2.47. The van der Waals surface area contributed by atoms with E-state index < -0.39 is 5.69 Å². The summed E-state index contributed by atoms with van der Waals surface area (Å²) in [5.41, 5.74) is 0.464. The molecule has 0 N–H and O–H groups in total. The number of benzene rings is 2. The van der Waals surface area contributed by atoms with Crippen LogP contribution in [0.25, 0.3) is 10.9 Å². The Kier molecular flexibility index (Phi) is 2.68. The second kappa shape index (κ2) is 4.49. The molecule has 1 heterocycles. The molecule has 0 saturated carbocycles. The van der Waals surface area contributed by atoms with E-state index in [0.29, 0.717) is 11.1 Å². The Bertz CT molecular complexity index is 807. The standard InChI is InChI=1S/C15H10N2O2/c18-14(11-6-2-1-3-7-11)17-13-9-5-4-8-12(13)10-16-15(17)19/h1-10H. The predicted molar refractivity (Wildman–Crippen MR) is 72.2 cm³/mol. The summed E-state index contributed by atoms with van der Waals surface area (Å²) < 4.78 is 1.10. The van der Waals surface area contributed by atoms with Crippen LogP contribution in [0.1, 0.15) is 10.4 Å². The third kappa shape index (κ3) is 1.93. The number of carbonyl (C=O) groups is 1. The number of hydrogen-bond acceptors (Lipinski definition) is 3. The van der Waals surface area contributed by atoms with Crippen LogP contribution in [0.5, 0.6) is 0 Å². The summed E-state index contributed by atoms with van der Waals surface area (Å²) in [6.07, 6.45) is 1.48. The molecule has 1 aromatic heterocycles. The number of rotatable bonds is 1. The van der Waals surface area contributed by atoms with E-state index in [9.17, 15) is 9.59 Å².